The first-order chi connectivity index (χ1) is 14.9. The second-order valence-corrected chi connectivity index (χ2v) is 7.46. The van der Waals surface area contributed by atoms with Crippen LogP contribution in [0.25, 0.3) is 0 Å². The summed E-state index contributed by atoms with van der Waals surface area (Å²) in [5, 5.41) is 40.7. The lowest BCUT2D eigenvalue weighted by Gasteiger charge is -2.24. The number of hydroxylamine groups is 1. The third-order valence-electron chi connectivity index (χ3n) is 5.56. The van der Waals surface area contributed by atoms with E-state index in [4.69, 9.17) is 10.2 Å². The van der Waals surface area contributed by atoms with E-state index in [-0.39, 0.29) is 22.4 Å². The second kappa shape index (κ2) is 7.01. The predicted molar refractivity (Wildman–Crippen MR) is 114 cm³/mol. The van der Waals surface area contributed by atoms with Gasteiger partial charge in [0.1, 0.15) is 11.9 Å². The summed E-state index contributed by atoms with van der Waals surface area (Å²) in [5.41, 5.74) is 4.55. The maximum atomic E-state index is 12.8. The fourth-order valence-corrected chi connectivity index (χ4v) is 3.94. The third kappa shape index (κ3) is 3.21. The number of quaternary nitrogens is 1. The van der Waals surface area contributed by atoms with Crippen LogP contribution in [-0.4, -0.2) is 22.2 Å². The molecule has 3 aromatic carbocycles. The Morgan fingerprint density at radius 2 is 1.32 bits per heavy atom. The molecule has 0 aliphatic carbocycles. The number of hydrogen-bond acceptors (Lipinski definition) is 6. The predicted octanol–water partition coefficient (Wildman–Crippen LogP) is 2.76. The number of fused-ring (bicyclic) bond motifs is 2. The summed E-state index contributed by atoms with van der Waals surface area (Å²) in [6, 6.07) is 16.8. The Labute approximate surface area is 176 Å². The van der Waals surface area contributed by atoms with Crippen LogP contribution in [0, 0.1) is 5.21 Å². The van der Waals surface area contributed by atoms with Crippen LogP contribution in [0.4, 0.5) is 22.7 Å². The van der Waals surface area contributed by atoms with E-state index in [2.05, 4.69) is 16.0 Å². The van der Waals surface area contributed by atoms with E-state index in [0.717, 1.165) is 16.8 Å². The minimum atomic E-state index is -1.04. The van der Waals surface area contributed by atoms with Gasteiger partial charge in [-0.05, 0) is 35.9 Å². The second-order valence-electron chi connectivity index (χ2n) is 7.46. The molecule has 2 heterocycles. The van der Waals surface area contributed by atoms with Crippen molar-refractivity contribution in [2.24, 2.45) is 0 Å². The number of benzene rings is 3. The maximum absolute atomic E-state index is 12.8. The quantitative estimate of drug-likeness (QED) is 0.356. The average Bonchev–Trinajstić information content (AvgIpc) is 3.34. The van der Waals surface area contributed by atoms with Crippen molar-refractivity contribution in [2.75, 3.05) is 16.0 Å². The number of carboxylic acid groups (broad SMARTS) is 2. The Kier molecular flexibility index (Phi) is 4.28. The van der Waals surface area contributed by atoms with Gasteiger partial charge in [0.15, 0.2) is 11.9 Å². The zero-order chi connectivity index (χ0) is 21.7. The molecule has 2 aliphatic rings. The molecule has 0 spiro atoms. The minimum absolute atomic E-state index is 0.106. The smallest absolute Gasteiger partial charge is 0.335 e. The molecule has 31 heavy (non-hydrogen) atoms. The Morgan fingerprint density at radius 1 is 0.742 bits per heavy atom. The first-order valence-corrected chi connectivity index (χ1v) is 9.59. The van der Waals surface area contributed by atoms with Gasteiger partial charge in [0, 0.05) is 11.6 Å². The number of anilines is 3. The Hall–Kier alpha value is -4.08. The first kappa shape index (κ1) is 18.9. The molecule has 9 heteroatoms. The highest BCUT2D eigenvalue weighted by Gasteiger charge is 2.31. The summed E-state index contributed by atoms with van der Waals surface area (Å²) in [6.07, 6.45) is -0.802. The molecular formula is C22H18N4O5. The van der Waals surface area contributed by atoms with Gasteiger partial charge >= 0.3 is 11.9 Å². The van der Waals surface area contributed by atoms with Crippen molar-refractivity contribution in [1.29, 1.82) is 0 Å². The number of nitrogens with one attached hydrogen (secondary N) is 4. The molecule has 9 nitrogen and oxygen atoms in total. The summed E-state index contributed by atoms with van der Waals surface area (Å²) in [4.78, 5) is 22.3. The molecule has 3 aromatic rings. The summed E-state index contributed by atoms with van der Waals surface area (Å²) in [5.74, 6) is -2.03. The van der Waals surface area contributed by atoms with Gasteiger partial charge in [-0.3, -0.25) is 0 Å². The van der Waals surface area contributed by atoms with Crippen molar-refractivity contribution in [3.05, 3.63) is 88.1 Å². The van der Waals surface area contributed by atoms with Crippen molar-refractivity contribution in [3.8, 4) is 0 Å². The Balaban J connectivity index is 1.34. The number of hydrogen-bond donors (Lipinski definition) is 6. The van der Waals surface area contributed by atoms with Gasteiger partial charge in [0.05, 0.1) is 22.5 Å². The molecule has 5 rings (SSSR count). The standard InChI is InChI=1S/C22H18N4O5/c27-21(28)13-5-7-15-16(9-13)24-19(23-15)11-1-3-12(4-2-11)20-25-17-10-14(22(29)30)6-8-18(17)26(20)31/h1-10,19-20,23-26H,(H,27,28)(H,29,30). The van der Waals surface area contributed by atoms with Crippen molar-refractivity contribution in [2.45, 2.75) is 12.3 Å². The van der Waals surface area contributed by atoms with Crippen molar-refractivity contribution in [3.63, 3.8) is 0 Å². The van der Waals surface area contributed by atoms with Gasteiger partial charge in [0.2, 0.25) is 0 Å². The van der Waals surface area contributed by atoms with Crippen molar-refractivity contribution < 1.29 is 24.9 Å². The van der Waals surface area contributed by atoms with Gasteiger partial charge in [-0.1, -0.05) is 24.3 Å². The Morgan fingerprint density at radius 3 is 2.00 bits per heavy atom. The first-order valence-electron chi connectivity index (χ1n) is 9.59. The maximum Gasteiger partial charge on any atom is 0.335 e. The van der Waals surface area contributed by atoms with E-state index in [1.54, 1.807) is 18.2 Å². The van der Waals surface area contributed by atoms with E-state index >= 15 is 0 Å². The molecular weight excluding hydrogens is 400 g/mol. The molecule has 3 unspecified atom stereocenters. The topological polar surface area (TPSA) is 138 Å². The fraction of sp³-hybridized carbons (Fsp3) is 0.0909. The lowest BCUT2D eigenvalue weighted by Crippen LogP contribution is -3.01. The van der Waals surface area contributed by atoms with Crippen molar-refractivity contribution >= 4 is 34.7 Å². The summed E-state index contributed by atoms with van der Waals surface area (Å²) < 4.78 is 0. The number of rotatable bonds is 4. The van der Waals surface area contributed by atoms with Crippen LogP contribution in [-0.2, 0) is 0 Å². The van der Waals surface area contributed by atoms with Crippen LogP contribution >= 0.6 is 0 Å². The molecule has 0 fully saturated rings. The van der Waals surface area contributed by atoms with Gasteiger partial charge in [-0.2, -0.15) is 0 Å². The zero-order valence-corrected chi connectivity index (χ0v) is 16.0. The molecule has 0 aromatic heterocycles. The third-order valence-corrected chi connectivity index (χ3v) is 5.56. The molecule has 0 saturated heterocycles. The molecule has 0 radical (unpaired) electrons. The van der Waals surface area contributed by atoms with Crippen LogP contribution in [0.5, 0.6) is 0 Å². The molecule has 0 saturated carbocycles. The van der Waals surface area contributed by atoms with E-state index in [9.17, 15) is 14.8 Å². The van der Waals surface area contributed by atoms with Crippen LogP contribution in [0.1, 0.15) is 44.2 Å². The van der Waals surface area contributed by atoms with E-state index in [1.807, 2.05) is 24.3 Å². The summed E-state index contributed by atoms with van der Waals surface area (Å²) in [6.45, 7) is 0. The van der Waals surface area contributed by atoms with Crippen LogP contribution in [0.3, 0.4) is 0 Å². The molecule has 156 valence electrons. The van der Waals surface area contributed by atoms with E-state index < -0.39 is 18.1 Å². The van der Waals surface area contributed by atoms with E-state index in [0.29, 0.717) is 17.1 Å². The number of carboxylic acids is 2. The molecule has 3 atom stereocenters. The van der Waals surface area contributed by atoms with Gasteiger partial charge < -0.3 is 36.4 Å². The molecule has 2 aliphatic heterocycles. The Bertz CT molecular complexity index is 1210. The largest absolute Gasteiger partial charge is 0.627 e. The highest BCUT2D eigenvalue weighted by atomic mass is 16.5. The highest BCUT2D eigenvalue weighted by Crippen LogP contribution is 2.36. The lowest BCUT2D eigenvalue weighted by atomic mass is 10.1. The molecule has 6 N–H and O–H groups in total. The van der Waals surface area contributed by atoms with Gasteiger partial charge in [-0.25, -0.2) is 9.59 Å². The zero-order valence-electron chi connectivity index (χ0n) is 16.0. The number of aromatic carboxylic acids is 2. The van der Waals surface area contributed by atoms with Crippen LogP contribution in [0.15, 0.2) is 60.7 Å². The molecule has 0 bridgehead atoms. The van der Waals surface area contributed by atoms with Crippen LogP contribution in [0.2, 0.25) is 0 Å². The highest BCUT2D eigenvalue weighted by molar-refractivity contribution is 5.92. The minimum Gasteiger partial charge on any atom is -0.627 e. The fourth-order valence-electron chi connectivity index (χ4n) is 3.94. The normalized spacial score (nSPS) is 20.7. The van der Waals surface area contributed by atoms with Crippen molar-refractivity contribution in [1.82, 2.24) is 0 Å². The SMILES string of the molecule is O=C(O)c1ccc2c(c1)NC(c1ccc(C3Nc4cc(C(=O)O)ccc4[NH+]3[O-])cc1)N2. The van der Waals surface area contributed by atoms with Gasteiger partial charge in [-0.15, -0.1) is 0 Å². The average molecular weight is 418 g/mol. The van der Waals surface area contributed by atoms with Gasteiger partial charge in [0.25, 0.3) is 0 Å². The van der Waals surface area contributed by atoms with Crippen LogP contribution < -0.4 is 21.0 Å². The monoisotopic (exact) mass is 418 g/mol. The van der Waals surface area contributed by atoms with E-state index in [1.165, 1.54) is 18.2 Å². The molecule has 0 amide bonds. The lowest BCUT2D eigenvalue weighted by molar-refractivity contribution is -0.802. The number of carbonyl (C=O) groups is 2. The summed E-state index contributed by atoms with van der Waals surface area (Å²) in [7, 11) is 0. The summed E-state index contributed by atoms with van der Waals surface area (Å²) >= 11 is 0.